The lowest BCUT2D eigenvalue weighted by molar-refractivity contribution is 0.103. The summed E-state index contributed by atoms with van der Waals surface area (Å²) in [7, 11) is 0. The van der Waals surface area contributed by atoms with Gasteiger partial charge in [0.15, 0.2) is 11.6 Å². The molecule has 0 aliphatic heterocycles. The van der Waals surface area contributed by atoms with E-state index in [-0.39, 0.29) is 5.78 Å². The molecule has 3 N–H and O–H groups in total. The van der Waals surface area contributed by atoms with Gasteiger partial charge in [0.2, 0.25) is 0 Å². The average molecular weight is 289 g/mol. The Morgan fingerprint density at radius 2 is 1.64 bits per heavy atom. The van der Waals surface area contributed by atoms with Crippen LogP contribution in [0.1, 0.15) is 15.9 Å². The van der Waals surface area contributed by atoms with Gasteiger partial charge >= 0.3 is 0 Å². The number of hydrogen-bond donors (Lipinski definition) is 2. The number of hydrogen-bond acceptors (Lipinski definition) is 4. The second kappa shape index (κ2) is 6.10. The minimum Gasteiger partial charge on any atom is -0.396 e. The Balaban J connectivity index is 1.97. The first-order valence-electron chi connectivity index (χ1n) is 6.92. The molecule has 1 aromatic heterocycles. The van der Waals surface area contributed by atoms with Gasteiger partial charge in [0.05, 0.1) is 11.4 Å². The Bertz CT molecular complexity index is 800. The summed E-state index contributed by atoms with van der Waals surface area (Å²) < 4.78 is 0. The van der Waals surface area contributed by atoms with Crippen molar-refractivity contribution in [2.75, 3.05) is 11.1 Å². The maximum absolute atomic E-state index is 12.7. The summed E-state index contributed by atoms with van der Waals surface area (Å²) in [4.78, 5) is 16.8. The Morgan fingerprint density at radius 1 is 0.909 bits per heavy atom. The summed E-state index contributed by atoms with van der Waals surface area (Å²) >= 11 is 0. The van der Waals surface area contributed by atoms with E-state index in [1.54, 1.807) is 36.5 Å². The van der Waals surface area contributed by atoms with Crippen molar-refractivity contribution in [3.8, 4) is 0 Å². The number of nitrogen functional groups attached to an aromatic ring is 1. The number of pyridine rings is 1. The predicted molar refractivity (Wildman–Crippen MR) is 88.2 cm³/mol. The summed E-state index contributed by atoms with van der Waals surface area (Å²) in [5.74, 6) is 0.494. The number of nitrogens with one attached hydrogen (secondary N) is 1. The van der Waals surface area contributed by atoms with Crippen molar-refractivity contribution in [1.29, 1.82) is 0 Å². The topological polar surface area (TPSA) is 68.0 Å². The summed E-state index contributed by atoms with van der Waals surface area (Å²) in [5, 5.41) is 3.13. The molecule has 0 saturated carbocycles. The molecule has 0 saturated heterocycles. The number of rotatable bonds is 4. The summed E-state index contributed by atoms with van der Waals surface area (Å²) in [5.41, 5.74) is 8.34. The number of ketones is 1. The van der Waals surface area contributed by atoms with Crippen LogP contribution in [0.4, 0.5) is 17.2 Å². The fraction of sp³-hybridized carbons (Fsp3) is 0. The van der Waals surface area contributed by atoms with Gasteiger partial charge in [-0.15, -0.1) is 0 Å². The zero-order valence-corrected chi connectivity index (χ0v) is 11.9. The van der Waals surface area contributed by atoms with E-state index in [4.69, 9.17) is 5.73 Å². The molecule has 3 rings (SSSR count). The number of nitrogens with zero attached hydrogens (tertiary/aromatic N) is 1. The van der Waals surface area contributed by atoms with Crippen LogP contribution in [0.25, 0.3) is 0 Å². The Hall–Kier alpha value is -3.14. The van der Waals surface area contributed by atoms with Gasteiger partial charge in [-0.05, 0) is 24.3 Å². The first-order valence-corrected chi connectivity index (χ1v) is 6.92. The highest BCUT2D eigenvalue weighted by molar-refractivity contribution is 6.12. The summed E-state index contributed by atoms with van der Waals surface area (Å²) in [6.45, 7) is 0. The second-order valence-corrected chi connectivity index (χ2v) is 4.81. The lowest BCUT2D eigenvalue weighted by atomic mass is 10.0. The van der Waals surface area contributed by atoms with Crippen LogP contribution in [-0.4, -0.2) is 10.8 Å². The summed E-state index contributed by atoms with van der Waals surface area (Å²) in [6, 6.07) is 20.0. The monoisotopic (exact) mass is 289 g/mol. The minimum absolute atomic E-state index is 0.0433. The number of aromatic nitrogens is 1. The van der Waals surface area contributed by atoms with E-state index >= 15 is 0 Å². The van der Waals surface area contributed by atoms with Crippen LogP contribution in [-0.2, 0) is 0 Å². The predicted octanol–water partition coefficient (Wildman–Crippen LogP) is 3.64. The third kappa shape index (κ3) is 2.81. The van der Waals surface area contributed by atoms with Crippen molar-refractivity contribution in [1.82, 2.24) is 4.98 Å². The molecule has 0 unspecified atom stereocenters. The van der Waals surface area contributed by atoms with Crippen LogP contribution in [0.5, 0.6) is 0 Å². The smallest absolute Gasteiger partial charge is 0.195 e. The number of benzene rings is 2. The van der Waals surface area contributed by atoms with Gasteiger partial charge in [-0.25, -0.2) is 4.98 Å². The lowest BCUT2D eigenvalue weighted by Gasteiger charge is -2.12. The fourth-order valence-corrected chi connectivity index (χ4v) is 2.18. The first-order chi connectivity index (χ1) is 10.8. The molecule has 0 aliphatic rings. The summed E-state index contributed by atoms with van der Waals surface area (Å²) in [6.07, 6.45) is 1.65. The molecule has 1 heterocycles. The fourth-order valence-electron chi connectivity index (χ4n) is 2.18. The number of nitrogens with two attached hydrogens (primary N) is 1. The largest absolute Gasteiger partial charge is 0.396 e. The molecule has 0 aliphatic carbocycles. The van der Waals surface area contributed by atoms with Gasteiger partial charge in [0, 0.05) is 17.3 Å². The highest BCUT2D eigenvalue weighted by Crippen LogP contribution is 2.25. The van der Waals surface area contributed by atoms with E-state index < -0.39 is 0 Å². The number of carbonyl (C=O) groups is 1. The lowest BCUT2D eigenvalue weighted by Crippen LogP contribution is -2.06. The maximum Gasteiger partial charge on any atom is 0.195 e. The van der Waals surface area contributed by atoms with Crippen LogP contribution in [0, 0.1) is 0 Å². The molecule has 4 heteroatoms. The SMILES string of the molecule is Nc1cccnc1Nc1ccccc1C(=O)c1ccccc1. The third-order valence-corrected chi connectivity index (χ3v) is 3.30. The normalized spacial score (nSPS) is 10.2. The Kier molecular flexibility index (Phi) is 3.83. The highest BCUT2D eigenvalue weighted by atomic mass is 16.1. The molecule has 0 bridgehead atoms. The van der Waals surface area contributed by atoms with Crippen molar-refractivity contribution in [2.45, 2.75) is 0 Å². The molecule has 0 fully saturated rings. The van der Waals surface area contributed by atoms with Gasteiger partial charge in [-0.2, -0.15) is 0 Å². The molecular formula is C18H15N3O. The molecule has 0 atom stereocenters. The Morgan fingerprint density at radius 3 is 2.41 bits per heavy atom. The van der Waals surface area contributed by atoms with Gasteiger partial charge in [0.25, 0.3) is 0 Å². The molecule has 108 valence electrons. The van der Waals surface area contributed by atoms with Gasteiger partial charge in [0.1, 0.15) is 0 Å². The molecule has 3 aromatic rings. The van der Waals surface area contributed by atoms with Gasteiger partial charge < -0.3 is 11.1 Å². The van der Waals surface area contributed by atoms with Gasteiger partial charge in [-0.1, -0.05) is 42.5 Å². The van der Waals surface area contributed by atoms with Crippen molar-refractivity contribution in [3.63, 3.8) is 0 Å². The second-order valence-electron chi connectivity index (χ2n) is 4.81. The molecule has 0 radical (unpaired) electrons. The van der Waals surface area contributed by atoms with Crippen molar-refractivity contribution >= 4 is 23.0 Å². The van der Waals surface area contributed by atoms with Crippen LogP contribution < -0.4 is 11.1 Å². The molecule has 4 nitrogen and oxygen atoms in total. The molecule has 22 heavy (non-hydrogen) atoms. The van der Waals surface area contributed by atoms with Crippen LogP contribution in [0.15, 0.2) is 72.9 Å². The molecular weight excluding hydrogens is 274 g/mol. The van der Waals surface area contributed by atoms with Crippen LogP contribution in [0.2, 0.25) is 0 Å². The molecule has 2 aromatic carbocycles. The quantitative estimate of drug-likeness (QED) is 0.720. The zero-order valence-electron chi connectivity index (χ0n) is 11.9. The van der Waals surface area contributed by atoms with E-state index in [0.29, 0.717) is 28.3 Å². The van der Waals surface area contributed by atoms with E-state index in [1.165, 1.54) is 0 Å². The minimum atomic E-state index is -0.0433. The van der Waals surface area contributed by atoms with Gasteiger partial charge in [-0.3, -0.25) is 4.79 Å². The number of para-hydroxylation sites is 1. The van der Waals surface area contributed by atoms with Crippen LogP contribution in [0.3, 0.4) is 0 Å². The zero-order chi connectivity index (χ0) is 15.4. The standard InChI is InChI=1S/C18H15N3O/c19-15-10-6-12-20-18(15)21-16-11-5-4-9-14(16)17(22)13-7-2-1-3-8-13/h1-12H,19H2,(H,20,21). The van der Waals surface area contributed by atoms with E-state index in [9.17, 15) is 4.79 Å². The van der Waals surface area contributed by atoms with Crippen molar-refractivity contribution < 1.29 is 4.79 Å². The number of anilines is 3. The third-order valence-electron chi connectivity index (χ3n) is 3.30. The van der Waals surface area contributed by atoms with Crippen molar-refractivity contribution in [3.05, 3.63) is 84.1 Å². The highest BCUT2D eigenvalue weighted by Gasteiger charge is 2.13. The maximum atomic E-state index is 12.7. The average Bonchev–Trinajstić information content (AvgIpc) is 2.58. The Labute approximate surface area is 128 Å². The van der Waals surface area contributed by atoms with Crippen molar-refractivity contribution in [2.24, 2.45) is 0 Å². The molecule has 0 amide bonds. The van der Waals surface area contributed by atoms with E-state index in [1.807, 2.05) is 36.4 Å². The first kappa shape index (κ1) is 13.8. The van der Waals surface area contributed by atoms with E-state index in [0.717, 1.165) is 0 Å². The molecule has 0 spiro atoms. The van der Waals surface area contributed by atoms with E-state index in [2.05, 4.69) is 10.3 Å². The number of carbonyl (C=O) groups excluding carboxylic acids is 1. The van der Waals surface area contributed by atoms with Crippen LogP contribution >= 0.6 is 0 Å².